The van der Waals surface area contributed by atoms with Gasteiger partial charge in [0, 0.05) is 6.42 Å². The normalized spacial score (nSPS) is 21.0. The molecule has 0 bridgehead atoms. The number of aliphatic hydroxyl groups excluding tert-OH is 6. The predicted octanol–water partition coefficient (Wildman–Crippen LogP) is 10.5. The van der Waals surface area contributed by atoms with E-state index in [2.05, 4.69) is 19.2 Å². The zero-order valence-corrected chi connectivity index (χ0v) is 39.1. The Balaban J connectivity index is 2.28. The van der Waals surface area contributed by atoms with Crippen LogP contribution in [-0.4, -0.2) is 98.7 Å². The first-order chi connectivity index (χ1) is 29.3. The number of rotatable bonds is 44. The standard InChI is InChI=1S/C50H99NO9/c1-3-5-7-9-11-13-15-17-18-19-20-21-22-23-24-25-26-28-30-32-34-36-38-45(54)51-42(39-40-59-50-49(58)48(57)47(56)44(41-52)60-50)46(55)43(53)37-35-33-31-29-27-16-14-12-10-8-6-4-2/h42-44,46-50,52-53,55-58H,3-41H2,1-2H3,(H,51,54)/t42-,43+,44-,46+,47+,48+,49-,50+/m1/s1. The number of hydrogen-bond donors (Lipinski definition) is 7. The van der Waals surface area contributed by atoms with E-state index < -0.39 is 55.6 Å². The Morgan fingerprint density at radius 3 is 1.27 bits per heavy atom. The summed E-state index contributed by atoms with van der Waals surface area (Å²) in [5.41, 5.74) is 0. The second-order valence-corrected chi connectivity index (χ2v) is 18.4. The lowest BCUT2D eigenvalue weighted by molar-refractivity contribution is -0.301. The molecule has 1 rings (SSSR count). The first-order valence-corrected chi connectivity index (χ1v) is 25.8. The van der Waals surface area contributed by atoms with Crippen LogP contribution in [0.15, 0.2) is 0 Å². The van der Waals surface area contributed by atoms with Crippen molar-refractivity contribution in [2.45, 2.75) is 300 Å². The van der Waals surface area contributed by atoms with Crippen LogP contribution in [0.5, 0.6) is 0 Å². The van der Waals surface area contributed by atoms with Gasteiger partial charge in [-0.3, -0.25) is 4.79 Å². The molecule has 7 N–H and O–H groups in total. The van der Waals surface area contributed by atoms with Gasteiger partial charge >= 0.3 is 0 Å². The fourth-order valence-corrected chi connectivity index (χ4v) is 8.65. The number of carbonyl (C=O) groups excluding carboxylic acids is 1. The predicted molar refractivity (Wildman–Crippen MR) is 246 cm³/mol. The largest absolute Gasteiger partial charge is 0.394 e. The van der Waals surface area contributed by atoms with Gasteiger partial charge in [0.15, 0.2) is 6.29 Å². The lowest BCUT2D eigenvalue weighted by atomic mass is 9.97. The lowest BCUT2D eigenvalue weighted by Gasteiger charge is -2.39. The average Bonchev–Trinajstić information content (AvgIpc) is 3.25. The smallest absolute Gasteiger partial charge is 0.220 e. The zero-order chi connectivity index (χ0) is 43.9. The number of hydrogen-bond acceptors (Lipinski definition) is 9. The molecule has 0 radical (unpaired) electrons. The molecule has 1 amide bonds. The molecule has 0 saturated carbocycles. The van der Waals surface area contributed by atoms with Gasteiger partial charge in [-0.1, -0.05) is 226 Å². The molecule has 10 nitrogen and oxygen atoms in total. The molecule has 60 heavy (non-hydrogen) atoms. The Morgan fingerprint density at radius 1 is 0.517 bits per heavy atom. The van der Waals surface area contributed by atoms with Crippen molar-refractivity contribution in [1.82, 2.24) is 5.32 Å². The Labute approximate surface area is 368 Å². The second kappa shape index (κ2) is 40.9. The minimum atomic E-state index is -1.56. The minimum Gasteiger partial charge on any atom is -0.394 e. The molecule has 0 aliphatic carbocycles. The fourth-order valence-electron chi connectivity index (χ4n) is 8.65. The molecule has 1 aliphatic heterocycles. The Morgan fingerprint density at radius 2 is 0.883 bits per heavy atom. The first-order valence-electron chi connectivity index (χ1n) is 25.8. The molecule has 0 aromatic heterocycles. The van der Waals surface area contributed by atoms with Gasteiger partial charge < -0.3 is 45.4 Å². The number of nitrogens with one attached hydrogen (secondary N) is 1. The maximum Gasteiger partial charge on any atom is 0.220 e. The van der Waals surface area contributed by atoms with Gasteiger partial charge in [0.25, 0.3) is 0 Å². The molecule has 358 valence electrons. The van der Waals surface area contributed by atoms with Gasteiger partial charge in [0.1, 0.15) is 30.5 Å². The van der Waals surface area contributed by atoms with Gasteiger partial charge in [-0.15, -0.1) is 0 Å². The van der Waals surface area contributed by atoms with E-state index in [0.717, 1.165) is 38.5 Å². The van der Waals surface area contributed by atoms with Crippen LogP contribution in [0, 0.1) is 0 Å². The van der Waals surface area contributed by atoms with Crippen molar-refractivity contribution in [3.05, 3.63) is 0 Å². The van der Waals surface area contributed by atoms with Gasteiger partial charge in [-0.05, 0) is 19.3 Å². The van der Waals surface area contributed by atoms with Crippen molar-refractivity contribution in [2.24, 2.45) is 0 Å². The second-order valence-electron chi connectivity index (χ2n) is 18.4. The van der Waals surface area contributed by atoms with Crippen molar-refractivity contribution in [2.75, 3.05) is 13.2 Å². The van der Waals surface area contributed by atoms with Crippen LogP contribution in [0.25, 0.3) is 0 Å². The number of carbonyl (C=O) groups is 1. The van der Waals surface area contributed by atoms with E-state index >= 15 is 0 Å². The highest BCUT2D eigenvalue weighted by Gasteiger charge is 2.44. The Kier molecular flexibility index (Phi) is 39.0. The molecule has 0 aromatic carbocycles. The van der Waals surface area contributed by atoms with E-state index in [1.165, 1.54) is 180 Å². The minimum absolute atomic E-state index is 0.0601. The summed E-state index contributed by atoms with van der Waals surface area (Å²) < 4.78 is 11.1. The Bertz CT molecular complexity index is 926. The lowest BCUT2D eigenvalue weighted by Crippen LogP contribution is -2.59. The van der Waals surface area contributed by atoms with Crippen molar-refractivity contribution in [3.8, 4) is 0 Å². The van der Waals surface area contributed by atoms with Crippen LogP contribution in [0.3, 0.4) is 0 Å². The molecular weight excluding hydrogens is 759 g/mol. The monoisotopic (exact) mass is 858 g/mol. The molecular formula is C50H99NO9. The maximum absolute atomic E-state index is 13.0. The van der Waals surface area contributed by atoms with Crippen molar-refractivity contribution < 1.29 is 44.9 Å². The summed E-state index contributed by atoms with van der Waals surface area (Å²) in [5.74, 6) is -0.183. The fraction of sp³-hybridized carbons (Fsp3) is 0.980. The van der Waals surface area contributed by atoms with Crippen LogP contribution in [-0.2, 0) is 14.3 Å². The van der Waals surface area contributed by atoms with Crippen LogP contribution < -0.4 is 5.32 Å². The first kappa shape index (κ1) is 57.2. The summed E-state index contributed by atoms with van der Waals surface area (Å²) in [6.07, 6.45) is 35.1. The SMILES string of the molecule is CCCCCCCCCCCCCCCCCCCCCCCCC(=O)N[C@H](CCO[C@H]1O[C@H](CO)[C@H](O)[C@H](O)[C@H]1O)[C@H](O)[C@@H](O)CCCCCCCCCCCCCC. The van der Waals surface area contributed by atoms with E-state index in [9.17, 15) is 35.4 Å². The van der Waals surface area contributed by atoms with E-state index in [1.807, 2.05) is 0 Å². The zero-order valence-electron chi connectivity index (χ0n) is 39.1. The molecule has 8 atom stereocenters. The summed E-state index contributed by atoms with van der Waals surface area (Å²) in [5, 5.41) is 65.2. The molecule has 1 aliphatic rings. The number of aliphatic hydroxyl groups is 6. The van der Waals surface area contributed by atoms with Crippen LogP contribution in [0.1, 0.15) is 251 Å². The van der Waals surface area contributed by atoms with Gasteiger partial charge in [-0.25, -0.2) is 0 Å². The average molecular weight is 858 g/mol. The maximum atomic E-state index is 13.0. The van der Waals surface area contributed by atoms with Crippen molar-refractivity contribution in [3.63, 3.8) is 0 Å². The molecule has 0 unspecified atom stereocenters. The van der Waals surface area contributed by atoms with E-state index in [0.29, 0.717) is 12.8 Å². The summed E-state index contributed by atoms with van der Waals surface area (Å²) in [6.45, 7) is 3.90. The van der Waals surface area contributed by atoms with Crippen molar-refractivity contribution in [1.29, 1.82) is 0 Å². The summed E-state index contributed by atoms with van der Waals surface area (Å²) in [6, 6.07) is -0.783. The van der Waals surface area contributed by atoms with E-state index in [-0.39, 0.29) is 18.9 Å². The van der Waals surface area contributed by atoms with Crippen LogP contribution in [0.4, 0.5) is 0 Å². The van der Waals surface area contributed by atoms with Crippen LogP contribution >= 0.6 is 0 Å². The van der Waals surface area contributed by atoms with Gasteiger partial charge in [0.2, 0.25) is 5.91 Å². The van der Waals surface area contributed by atoms with E-state index in [1.54, 1.807) is 0 Å². The highest BCUT2D eigenvalue weighted by molar-refractivity contribution is 5.76. The topological polar surface area (TPSA) is 169 Å². The van der Waals surface area contributed by atoms with Gasteiger partial charge in [0.05, 0.1) is 25.4 Å². The molecule has 1 heterocycles. The molecule has 1 fully saturated rings. The van der Waals surface area contributed by atoms with Crippen molar-refractivity contribution >= 4 is 5.91 Å². The number of unbranched alkanes of at least 4 members (excludes halogenated alkanes) is 32. The molecule has 0 spiro atoms. The van der Waals surface area contributed by atoms with Crippen LogP contribution in [0.2, 0.25) is 0 Å². The number of ether oxygens (including phenoxy) is 2. The third-order valence-corrected chi connectivity index (χ3v) is 12.8. The summed E-state index contributed by atoms with van der Waals surface area (Å²) in [7, 11) is 0. The van der Waals surface area contributed by atoms with Gasteiger partial charge in [-0.2, -0.15) is 0 Å². The summed E-state index contributed by atoms with van der Waals surface area (Å²) in [4.78, 5) is 13.0. The Hall–Kier alpha value is -0.850. The molecule has 0 aromatic rings. The molecule has 1 saturated heterocycles. The highest BCUT2D eigenvalue weighted by Crippen LogP contribution is 2.23. The third kappa shape index (κ3) is 30.3. The quantitative estimate of drug-likeness (QED) is 0.0295. The third-order valence-electron chi connectivity index (χ3n) is 12.8. The molecule has 10 heteroatoms. The highest BCUT2D eigenvalue weighted by atomic mass is 16.7. The summed E-state index contributed by atoms with van der Waals surface area (Å²) >= 11 is 0. The number of amides is 1. The van der Waals surface area contributed by atoms with E-state index in [4.69, 9.17) is 9.47 Å².